The summed E-state index contributed by atoms with van der Waals surface area (Å²) in [6.45, 7) is 1.68. The summed E-state index contributed by atoms with van der Waals surface area (Å²) in [7, 11) is 0. The molecule has 0 aliphatic rings. The molecule has 2 aromatic heterocycles. The van der Waals surface area contributed by atoms with E-state index in [0.29, 0.717) is 33.9 Å². The zero-order valence-electron chi connectivity index (χ0n) is 15.0. The first-order chi connectivity index (χ1) is 13.8. The lowest BCUT2D eigenvalue weighted by Gasteiger charge is -2.11. The van der Waals surface area contributed by atoms with Crippen LogP contribution in [-0.4, -0.2) is 26.2 Å². The Morgan fingerprint density at radius 1 is 1.00 bits per heavy atom. The Balaban J connectivity index is 1.75. The minimum Gasteiger partial charge on any atom is -0.406 e. The van der Waals surface area contributed by atoms with Gasteiger partial charge in [-0.2, -0.15) is 14.9 Å². The maximum absolute atomic E-state index is 12.4. The molecule has 0 saturated heterocycles. The van der Waals surface area contributed by atoms with E-state index in [9.17, 15) is 13.2 Å². The third-order valence-electron chi connectivity index (χ3n) is 4.24. The fourth-order valence-electron chi connectivity index (χ4n) is 2.93. The number of nitrogens with zero attached hydrogens (tertiary/aromatic N) is 5. The zero-order valence-corrected chi connectivity index (χ0v) is 15.0. The summed E-state index contributed by atoms with van der Waals surface area (Å²) < 4.78 is 42.8. The van der Waals surface area contributed by atoms with Gasteiger partial charge in [-0.15, -0.1) is 23.4 Å². The number of benzene rings is 2. The van der Waals surface area contributed by atoms with Crippen LogP contribution >= 0.6 is 0 Å². The highest BCUT2D eigenvalue weighted by Crippen LogP contribution is 2.29. The van der Waals surface area contributed by atoms with Gasteiger partial charge in [-0.1, -0.05) is 0 Å². The number of fused-ring (bicyclic) bond motifs is 1. The van der Waals surface area contributed by atoms with Crippen molar-refractivity contribution in [2.24, 2.45) is 0 Å². The van der Waals surface area contributed by atoms with Crippen molar-refractivity contribution in [1.82, 2.24) is 19.8 Å². The lowest BCUT2D eigenvalue weighted by molar-refractivity contribution is -0.274. The number of ether oxygens (including phenoxy) is 1. The van der Waals surface area contributed by atoms with E-state index in [4.69, 9.17) is 5.26 Å². The fourth-order valence-corrected chi connectivity index (χ4v) is 2.93. The first-order valence-electron chi connectivity index (χ1n) is 8.44. The largest absolute Gasteiger partial charge is 0.573 e. The fraction of sp³-hybridized carbons (Fsp3) is 0.100. The van der Waals surface area contributed by atoms with Gasteiger partial charge >= 0.3 is 6.36 Å². The molecule has 2 aromatic carbocycles. The van der Waals surface area contributed by atoms with E-state index < -0.39 is 6.36 Å². The van der Waals surface area contributed by atoms with Crippen LogP contribution in [0.1, 0.15) is 11.1 Å². The molecular formula is C20H12F3N5O. The van der Waals surface area contributed by atoms with E-state index in [1.165, 1.54) is 18.2 Å². The van der Waals surface area contributed by atoms with Crippen molar-refractivity contribution in [3.63, 3.8) is 0 Å². The molecule has 0 atom stereocenters. The van der Waals surface area contributed by atoms with Crippen molar-refractivity contribution in [1.29, 1.82) is 5.26 Å². The monoisotopic (exact) mass is 395 g/mol. The van der Waals surface area contributed by atoms with Gasteiger partial charge in [-0.3, -0.25) is 0 Å². The number of aromatic nitrogens is 4. The van der Waals surface area contributed by atoms with E-state index in [2.05, 4.69) is 26.1 Å². The predicted molar refractivity (Wildman–Crippen MR) is 97.8 cm³/mol. The minimum atomic E-state index is -4.75. The van der Waals surface area contributed by atoms with Crippen LogP contribution in [-0.2, 0) is 0 Å². The molecule has 0 radical (unpaired) electrons. The van der Waals surface area contributed by atoms with Crippen LogP contribution in [0.5, 0.6) is 5.75 Å². The average Bonchev–Trinajstić information content (AvgIpc) is 3.10. The molecule has 6 nitrogen and oxygen atoms in total. The average molecular weight is 395 g/mol. The smallest absolute Gasteiger partial charge is 0.406 e. The Labute approximate surface area is 162 Å². The molecule has 9 heteroatoms. The number of alkyl halides is 3. The van der Waals surface area contributed by atoms with Gasteiger partial charge in [-0.25, -0.2) is 0 Å². The summed E-state index contributed by atoms with van der Waals surface area (Å²) in [4.78, 5) is 0. The van der Waals surface area contributed by atoms with Crippen LogP contribution in [0.4, 0.5) is 13.2 Å². The van der Waals surface area contributed by atoms with E-state index >= 15 is 0 Å². The maximum atomic E-state index is 12.4. The molecule has 0 spiro atoms. The summed E-state index contributed by atoms with van der Waals surface area (Å²) >= 11 is 0. The molecule has 0 bridgehead atoms. The van der Waals surface area contributed by atoms with Crippen molar-refractivity contribution < 1.29 is 17.9 Å². The first kappa shape index (κ1) is 18.4. The van der Waals surface area contributed by atoms with Crippen molar-refractivity contribution in [2.45, 2.75) is 13.3 Å². The van der Waals surface area contributed by atoms with Crippen LogP contribution in [0.2, 0.25) is 0 Å². The standard InChI is InChI=1S/C20H12F3N5O/c1-12-10-15(29-20(21,22)23)6-7-16(12)17-8-9-18-25-26-19(28(18)27-17)14-4-2-13(11-24)3-5-14/h2-10H,1H3. The van der Waals surface area contributed by atoms with Crippen LogP contribution in [0.3, 0.4) is 0 Å². The Morgan fingerprint density at radius 2 is 1.76 bits per heavy atom. The Hall–Kier alpha value is -3.93. The van der Waals surface area contributed by atoms with Crippen molar-refractivity contribution in [3.8, 4) is 34.5 Å². The van der Waals surface area contributed by atoms with Gasteiger partial charge in [0.05, 0.1) is 17.3 Å². The highest BCUT2D eigenvalue weighted by Gasteiger charge is 2.31. The van der Waals surface area contributed by atoms with Crippen molar-refractivity contribution in [3.05, 3.63) is 65.7 Å². The first-order valence-corrected chi connectivity index (χ1v) is 8.44. The highest BCUT2D eigenvalue weighted by molar-refractivity contribution is 5.67. The summed E-state index contributed by atoms with van der Waals surface area (Å²) in [5.41, 5.74) is 3.54. The van der Waals surface area contributed by atoms with Crippen molar-refractivity contribution in [2.75, 3.05) is 0 Å². The van der Waals surface area contributed by atoms with Crippen LogP contribution in [0, 0.1) is 18.3 Å². The molecule has 0 aliphatic carbocycles. The summed E-state index contributed by atoms with van der Waals surface area (Å²) in [6, 6.07) is 16.4. The number of hydrogen-bond donors (Lipinski definition) is 0. The summed E-state index contributed by atoms with van der Waals surface area (Å²) in [5.74, 6) is 0.198. The summed E-state index contributed by atoms with van der Waals surface area (Å²) in [5, 5.41) is 21.7. The van der Waals surface area contributed by atoms with E-state index in [-0.39, 0.29) is 5.75 Å². The Morgan fingerprint density at radius 3 is 2.41 bits per heavy atom. The molecule has 144 valence electrons. The normalized spacial score (nSPS) is 11.4. The quantitative estimate of drug-likeness (QED) is 0.509. The second kappa shape index (κ2) is 6.91. The van der Waals surface area contributed by atoms with Crippen LogP contribution < -0.4 is 4.74 Å². The van der Waals surface area contributed by atoms with Gasteiger partial charge in [0.1, 0.15) is 5.75 Å². The Kier molecular flexibility index (Phi) is 4.39. The highest BCUT2D eigenvalue weighted by atomic mass is 19.4. The van der Waals surface area contributed by atoms with Gasteiger partial charge in [0, 0.05) is 11.1 Å². The van der Waals surface area contributed by atoms with E-state index in [1.807, 2.05) is 0 Å². The third kappa shape index (κ3) is 3.73. The number of nitriles is 1. The topological polar surface area (TPSA) is 76.1 Å². The van der Waals surface area contributed by atoms with Gasteiger partial charge < -0.3 is 4.74 Å². The minimum absolute atomic E-state index is 0.289. The molecular weight excluding hydrogens is 383 g/mol. The molecule has 4 rings (SSSR count). The molecule has 4 aromatic rings. The molecule has 2 heterocycles. The zero-order chi connectivity index (χ0) is 20.6. The molecule has 0 saturated carbocycles. The van der Waals surface area contributed by atoms with Gasteiger partial charge in [0.2, 0.25) is 0 Å². The molecule has 0 aliphatic heterocycles. The summed E-state index contributed by atoms with van der Waals surface area (Å²) in [6.07, 6.45) is -4.75. The predicted octanol–water partition coefficient (Wildman–Crippen LogP) is 4.54. The van der Waals surface area contributed by atoms with E-state index in [1.54, 1.807) is 47.8 Å². The van der Waals surface area contributed by atoms with Gasteiger partial charge in [-0.05, 0) is 67.1 Å². The molecule has 0 amide bonds. The second-order valence-electron chi connectivity index (χ2n) is 6.23. The van der Waals surface area contributed by atoms with Gasteiger partial charge in [0.25, 0.3) is 0 Å². The molecule has 29 heavy (non-hydrogen) atoms. The number of hydrogen-bond acceptors (Lipinski definition) is 5. The second-order valence-corrected chi connectivity index (χ2v) is 6.23. The lowest BCUT2D eigenvalue weighted by Crippen LogP contribution is -2.17. The third-order valence-corrected chi connectivity index (χ3v) is 4.24. The maximum Gasteiger partial charge on any atom is 0.573 e. The Bertz CT molecular complexity index is 1240. The number of halogens is 3. The van der Waals surface area contributed by atoms with E-state index in [0.717, 1.165) is 5.56 Å². The molecule has 0 N–H and O–H groups in total. The van der Waals surface area contributed by atoms with Crippen LogP contribution in [0.25, 0.3) is 28.3 Å². The SMILES string of the molecule is Cc1cc(OC(F)(F)F)ccc1-c1ccc2nnc(-c3ccc(C#N)cc3)n2n1. The lowest BCUT2D eigenvalue weighted by atomic mass is 10.1. The molecule has 0 fully saturated rings. The van der Waals surface area contributed by atoms with Crippen molar-refractivity contribution >= 4 is 5.65 Å². The number of rotatable bonds is 3. The molecule has 0 unspecified atom stereocenters. The van der Waals surface area contributed by atoms with Crippen LogP contribution in [0.15, 0.2) is 54.6 Å². The van der Waals surface area contributed by atoms with Gasteiger partial charge in [0.15, 0.2) is 11.5 Å². The number of aryl methyl sites for hydroxylation is 1.